The second kappa shape index (κ2) is 8.71. The molecule has 0 fully saturated rings. The molecule has 1 aromatic heterocycles. The number of rotatable bonds is 4. The molecule has 0 aliphatic rings. The summed E-state index contributed by atoms with van der Waals surface area (Å²) in [7, 11) is 0. The summed E-state index contributed by atoms with van der Waals surface area (Å²) in [6.07, 6.45) is 0. The lowest BCUT2D eigenvalue weighted by molar-refractivity contribution is 0.101. The van der Waals surface area contributed by atoms with Gasteiger partial charge in [-0.15, -0.1) is 5.10 Å². The van der Waals surface area contributed by atoms with Crippen LogP contribution in [0.2, 0.25) is 15.1 Å². The molecule has 0 saturated heterocycles. The van der Waals surface area contributed by atoms with Crippen LogP contribution in [0.3, 0.4) is 0 Å². The first kappa shape index (κ1) is 21.4. The number of benzene rings is 3. The van der Waals surface area contributed by atoms with Crippen LogP contribution in [0.4, 0.5) is 5.69 Å². The summed E-state index contributed by atoms with van der Waals surface area (Å²) < 4.78 is 1.64. The largest absolute Gasteiger partial charge is 0.319 e. The van der Waals surface area contributed by atoms with Gasteiger partial charge in [-0.2, -0.15) is 0 Å². The maximum Gasteiger partial charge on any atom is 0.295 e. The van der Waals surface area contributed by atoms with Gasteiger partial charge in [-0.1, -0.05) is 64.6 Å². The molecule has 0 aliphatic heterocycles. The molecule has 0 radical (unpaired) electrons. The summed E-state index contributed by atoms with van der Waals surface area (Å²) in [4.78, 5) is 17.4. The smallest absolute Gasteiger partial charge is 0.295 e. The third-order valence-electron chi connectivity index (χ3n) is 4.73. The highest BCUT2D eigenvalue weighted by Crippen LogP contribution is 2.28. The van der Waals surface area contributed by atoms with E-state index in [-0.39, 0.29) is 5.82 Å². The fourth-order valence-electron chi connectivity index (χ4n) is 3.13. The Morgan fingerprint density at radius 3 is 2.42 bits per heavy atom. The highest BCUT2D eigenvalue weighted by atomic mass is 35.5. The van der Waals surface area contributed by atoms with Crippen molar-refractivity contribution in [3.63, 3.8) is 0 Å². The summed E-state index contributed by atoms with van der Waals surface area (Å²) >= 11 is 18.3. The van der Waals surface area contributed by atoms with E-state index in [0.717, 1.165) is 22.4 Å². The molecule has 4 aromatic rings. The molecule has 156 valence electrons. The monoisotopic (exact) mass is 470 g/mol. The van der Waals surface area contributed by atoms with Gasteiger partial charge in [0.2, 0.25) is 5.82 Å². The van der Waals surface area contributed by atoms with Crippen molar-refractivity contribution in [2.75, 3.05) is 5.32 Å². The number of hydrogen-bond acceptors (Lipinski definition) is 3. The van der Waals surface area contributed by atoms with Gasteiger partial charge in [-0.05, 0) is 55.8 Å². The molecule has 0 bridgehead atoms. The van der Waals surface area contributed by atoms with E-state index in [2.05, 4.69) is 15.4 Å². The zero-order chi connectivity index (χ0) is 22.1. The Balaban J connectivity index is 1.80. The molecular formula is C23H17Cl3N4O. The number of aromatic nitrogens is 3. The number of anilines is 1. The molecule has 0 saturated carbocycles. The normalized spacial score (nSPS) is 10.9. The predicted molar refractivity (Wildman–Crippen MR) is 126 cm³/mol. The van der Waals surface area contributed by atoms with Gasteiger partial charge in [0.15, 0.2) is 5.82 Å². The number of aryl methyl sites for hydroxylation is 1. The maximum atomic E-state index is 12.9. The number of amides is 1. The van der Waals surface area contributed by atoms with Crippen molar-refractivity contribution >= 4 is 46.4 Å². The molecule has 8 heteroatoms. The summed E-state index contributed by atoms with van der Waals surface area (Å²) in [6, 6.07) is 18.2. The molecular weight excluding hydrogens is 455 g/mol. The van der Waals surface area contributed by atoms with Gasteiger partial charge in [0.25, 0.3) is 5.91 Å². The van der Waals surface area contributed by atoms with Crippen LogP contribution in [0, 0.1) is 13.8 Å². The number of nitrogens with zero attached hydrogens (tertiary/aromatic N) is 3. The summed E-state index contributed by atoms with van der Waals surface area (Å²) in [5.74, 6) is 0.0843. The van der Waals surface area contributed by atoms with E-state index < -0.39 is 5.91 Å². The minimum Gasteiger partial charge on any atom is -0.319 e. The molecule has 0 unspecified atom stereocenters. The van der Waals surface area contributed by atoms with Crippen molar-refractivity contribution in [2.45, 2.75) is 13.8 Å². The van der Waals surface area contributed by atoms with E-state index >= 15 is 0 Å². The number of hydrogen-bond donors (Lipinski definition) is 1. The summed E-state index contributed by atoms with van der Waals surface area (Å²) in [6.45, 7) is 3.89. The highest BCUT2D eigenvalue weighted by Gasteiger charge is 2.20. The van der Waals surface area contributed by atoms with Crippen LogP contribution in [0.5, 0.6) is 0 Å². The second-order valence-corrected chi connectivity index (χ2v) is 8.23. The van der Waals surface area contributed by atoms with Gasteiger partial charge >= 0.3 is 0 Å². The zero-order valence-electron chi connectivity index (χ0n) is 16.7. The molecule has 1 amide bonds. The summed E-state index contributed by atoms with van der Waals surface area (Å²) in [5.41, 5.74) is 3.97. The van der Waals surface area contributed by atoms with Crippen LogP contribution in [-0.2, 0) is 0 Å². The van der Waals surface area contributed by atoms with Gasteiger partial charge in [0.1, 0.15) is 0 Å². The Kier molecular flexibility index (Phi) is 6.01. The van der Waals surface area contributed by atoms with Gasteiger partial charge < -0.3 is 5.32 Å². The van der Waals surface area contributed by atoms with Crippen LogP contribution >= 0.6 is 34.8 Å². The van der Waals surface area contributed by atoms with Gasteiger partial charge in [0.05, 0.1) is 15.7 Å². The first-order valence-electron chi connectivity index (χ1n) is 9.39. The lowest BCUT2D eigenvalue weighted by atomic mass is 10.1. The van der Waals surface area contributed by atoms with Crippen LogP contribution in [-0.4, -0.2) is 20.7 Å². The van der Waals surface area contributed by atoms with Gasteiger partial charge in [-0.3, -0.25) is 4.79 Å². The van der Waals surface area contributed by atoms with Crippen molar-refractivity contribution in [2.24, 2.45) is 0 Å². The fraction of sp³-hybridized carbons (Fsp3) is 0.0870. The van der Waals surface area contributed by atoms with E-state index in [1.54, 1.807) is 22.9 Å². The maximum absolute atomic E-state index is 12.9. The van der Waals surface area contributed by atoms with Crippen molar-refractivity contribution in [1.82, 2.24) is 14.8 Å². The second-order valence-electron chi connectivity index (χ2n) is 7.01. The van der Waals surface area contributed by atoms with Crippen molar-refractivity contribution < 1.29 is 4.79 Å². The molecule has 3 aromatic carbocycles. The topological polar surface area (TPSA) is 59.8 Å². The third-order valence-corrected chi connectivity index (χ3v) is 5.88. The number of nitrogens with one attached hydrogen (secondary N) is 1. The predicted octanol–water partition coefficient (Wildman–Crippen LogP) is 6.76. The number of halogens is 3. The molecule has 0 atom stereocenters. The van der Waals surface area contributed by atoms with E-state index in [0.29, 0.717) is 26.6 Å². The van der Waals surface area contributed by atoms with E-state index in [9.17, 15) is 4.79 Å². The van der Waals surface area contributed by atoms with Crippen LogP contribution in [0.15, 0.2) is 60.7 Å². The average Bonchev–Trinajstić information content (AvgIpc) is 3.18. The molecule has 0 aliphatic carbocycles. The Morgan fingerprint density at radius 1 is 0.903 bits per heavy atom. The Labute approximate surface area is 194 Å². The fourth-order valence-corrected chi connectivity index (χ4v) is 3.60. The van der Waals surface area contributed by atoms with Gasteiger partial charge in [0, 0.05) is 16.3 Å². The SMILES string of the molecule is Cc1cccc(-c2nc(C(=O)Nc3ccc(Cl)c(Cl)c3)nn2-c2cccc(Cl)c2C)c1. The Morgan fingerprint density at radius 2 is 1.68 bits per heavy atom. The first-order valence-corrected chi connectivity index (χ1v) is 10.5. The lowest BCUT2D eigenvalue weighted by Crippen LogP contribution is -2.14. The lowest BCUT2D eigenvalue weighted by Gasteiger charge is -2.10. The molecule has 31 heavy (non-hydrogen) atoms. The standard InChI is InChI=1S/C23H17Cl3N4O/c1-13-5-3-6-15(11-13)22-28-21(23(31)27-16-9-10-18(25)19(26)12-16)29-30(22)20-8-4-7-17(24)14(20)2/h3-12H,1-2H3,(H,27,31). The first-order chi connectivity index (χ1) is 14.8. The van der Waals surface area contributed by atoms with Crippen molar-refractivity contribution in [3.8, 4) is 17.1 Å². The Bertz CT molecular complexity index is 1300. The Hall–Kier alpha value is -2.86. The quantitative estimate of drug-likeness (QED) is 0.357. The zero-order valence-corrected chi connectivity index (χ0v) is 18.9. The number of carbonyl (C=O) groups excluding carboxylic acids is 1. The summed E-state index contributed by atoms with van der Waals surface area (Å²) in [5, 5.41) is 8.61. The minimum atomic E-state index is -0.467. The van der Waals surface area contributed by atoms with Crippen molar-refractivity contribution in [1.29, 1.82) is 0 Å². The van der Waals surface area contributed by atoms with Crippen LogP contribution < -0.4 is 5.32 Å². The molecule has 5 nitrogen and oxygen atoms in total. The van der Waals surface area contributed by atoms with Crippen LogP contribution in [0.25, 0.3) is 17.1 Å². The molecule has 1 heterocycles. The molecule has 1 N–H and O–H groups in total. The average molecular weight is 472 g/mol. The number of carbonyl (C=O) groups is 1. The van der Waals surface area contributed by atoms with E-state index in [1.165, 1.54) is 0 Å². The van der Waals surface area contributed by atoms with E-state index in [1.807, 2.05) is 56.3 Å². The molecule has 0 spiro atoms. The highest BCUT2D eigenvalue weighted by molar-refractivity contribution is 6.42. The van der Waals surface area contributed by atoms with Gasteiger partial charge in [-0.25, -0.2) is 9.67 Å². The third kappa shape index (κ3) is 4.44. The van der Waals surface area contributed by atoms with Crippen LogP contribution in [0.1, 0.15) is 21.7 Å². The minimum absolute atomic E-state index is 0.0157. The molecule has 4 rings (SSSR count). The van der Waals surface area contributed by atoms with E-state index in [4.69, 9.17) is 34.8 Å². The van der Waals surface area contributed by atoms with Crippen molar-refractivity contribution in [3.05, 3.63) is 92.7 Å².